The molecule has 0 radical (unpaired) electrons. The molecule has 3 aromatic heterocycles. The van der Waals surface area contributed by atoms with E-state index >= 15 is 0 Å². The maximum atomic E-state index is 12.9. The van der Waals surface area contributed by atoms with Crippen LogP contribution in [0.1, 0.15) is 32.1 Å². The third kappa shape index (κ3) is 4.69. The Hall–Kier alpha value is -3.42. The van der Waals surface area contributed by atoms with Crippen LogP contribution in [0.5, 0.6) is 0 Å². The summed E-state index contributed by atoms with van der Waals surface area (Å²) in [6.07, 6.45) is 5.50. The number of thiophene rings is 1. The Bertz CT molecular complexity index is 1420. The Morgan fingerprint density at radius 2 is 1.94 bits per heavy atom. The highest BCUT2D eigenvalue weighted by Gasteiger charge is 2.17. The van der Waals surface area contributed by atoms with E-state index in [0.29, 0.717) is 23.0 Å². The quantitative estimate of drug-likeness (QED) is 0.348. The number of aryl methyl sites for hydroxylation is 1. The minimum atomic E-state index is -0.0834. The second kappa shape index (κ2) is 9.21. The highest BCUT2D eigenvalue weighted by Crippen LogP contribution is 2.29. The zero-order valence-corrected chi connectivity index (χ0v) is 19.6. The van der Waals surface area contributed by atoms with Crippen LogP contribution in [0, 0.1) is 6.92 Å². The number of hydrogen-bond donors (Lipinski definition) is 1. The van der Waals surface area contributed by atoms with Crippen molar-refractivity contribution in [1.29, 1.82) is 0 Å². The third-order valence-corrected chi connectivity index (χ3v) is 6.99. The summed E-state index contributed by atoms with van der Waals surface area (Å²) in [5.41, 5.74) is 4.12. The van der Waals surface area contributed by atoms with Crippen molar-refractivity contribution in [3.63, 3.8) is 0 Å². The fourth-order valence-electron chi connectivity index (χ4n) is 3.82. The molecule has 0 fully saturated rings. The average Bonchev–Trinajstić information content (AvgIpc) is 3.54. The molecule has 0 atom stereocenters. The van der Waals surface area contributed by atoms with Crippen LogP contribution in [-0.4, -0.2) is 25.2 Å². The first kappa shape index (κ1) is 21.4. The second-order valence-electron chi connectivity index (χ2n) is 7.90. The number of rotatable bonds is 7. The van der Waals surface area contributed by atoms with Gasteiger partial charge in [0.2, 0.25) is 0 Å². The number of nitrogens with zero attached hydrogens (tertiary/aromatic N) is 4. The van der Waals surface area contributed by atoms with Gasteiger partial charge in [-0.2, -0.15) is 5.10 Å². The van der Waals surface area contributed by atoms with Crippen molar-refractivity contribution >= 4 is 39.1 Å². The largest absolute Gasteiger partial charge is 0.347 e. The number of carbonyl (C=O) groups excluding carboxylic acids is 1. The van der Waals surface area contributed by atoms with E-state index in [0.717, 1.165) is 39.1 Å². The first-order valence-corrected chi connectivity index (χ1v) is 11.8. The molecular formula is C25H22ClN5OS. The maximum absolute atomic E-state index is 12.9. The van der Waals surface area contributed by atoms with E-state index in [4.69, 9.17) is 11.6 Å². The number of amides is 1. The number of fused-ring (bicyclic) bond motifs is 1. The van der Waals surface area contributed by atoms with Gasteiger partial charge in [-0.1, -0.05) is 54.1 Å². The van der Waals surface area contributed by atoms with Crippen LogP contribution in [0.15, 0.2) is 73.3 Å². The number of hydrogen-bond acceptors (Lipinski definition) is 4. The van der Waals surface area contributed by atoms with Crippen LogP contribution in [0.2, 0.25) is 5.02 Å². The molecule has 0 saturated heterocycles. The highest BCUT2D eigenvalue weighted by molar-refractivity contribution is 7.20. The van der Waals surface area contributed by atoms with Crippen LogP contribution < -0.4 is 5.32 Å². The monoisotopic (exact) mass is 475 g/mol. The smallest absolute Gasteiger partial charge is 0.261 e. The normalized spacial score (nSPS) is 11.2. The Balaban J connectivity index is 1.30. The summed E-state index contributed by atoms with van der Waals surface area (Å²) in [6.45, 7) is 3.75. The molecule has 1 N–H and O–H groups in total. The predicted octanol–water partition coefficient (Wildman–Crippen LogP) is 5.28. The van der Waals surface area contributed by atoms with Gasteiger partial charge in [-0.05, 0) is 35.7 Å². The van der Waals surface area contributed by atoms with Crippen LogP contribution in [0.3, 0.4) is 0 Å². The zero-order valence-electron chi connectivity index (χ0n) is 18.0. The molecule has 0 aliphatic heterocycles. The minimum Gasteiger partial charge on any atom is -0.347 e. The molecule has 8 heteroatoms. The summed E-state index contributed by atoms with van der Waals surface area (Å²) in [7, 11) is 0. The summed E-state index contributed by atoms with van der Waals surface area (Å²) in [5.74, 6) is -0.0834. The molecular weight excluding hydrogens is 454 g/mol. The van der Waals surface area contributed by atoms with Crippen molar-refractivity contribution in [1.82, 2.24) is 24.6 Å². The van der Waals surface area contributed by atoms with Crippen molar-refractivity contribution in [2.45, 2.75) is 26.6 Å². The molecule has 5 rings (SSSR count). The summed E-state index contributed by atoms with van der Waals surface area (Å²) in [5, 5.41) is 9.41. The lowest BCUT2D eigenvalue weighted by Crippen LogP contribution is -2.21. The van der Waals surface area contributed by atoms with Crippen LogP contribution in [0.4, 0.5) is 0 Å². The lowest BCUT2D eigenvalue weighted by atomic mass is 10.1. The Kier molecular flexibility index (Phi) is 5.98. The molecule has 0 aliphatic rings. The van der Waals surface area contributed by atoms with Gasteiger partial charge in [0.25, 0.3) is 5.91 Å². The Morgan fingerprint density at radius 1 is 1.09 bits per heavy atom. The van der Waals surface area contributed by atoms with Gasteiger partial charge in [0.05, 0.1) is 23.4 Å². The third-order valence-electron chi connectivity index (χ3n) is 5.48. The van der Waals surface area contributed by atoms with Gasteiger partial charge in [-0.3, -0.25) is 9.48 Å². The fraction of sp³-hybridized carbons (Fsp3) is 0.160. The van der Waals surface area contributed by atoms with Gasteiger partial charge in [-0.25, -0.2) is 4.98 Å². The van der Waals surface area contributed by atoms with Crippen LogP contribution in [0.25, 0.3) is 10.2 Å². The highest BCUT2D eigenvalue weighted by atomic mass is 35.5. The van der Waals surface area contributed by atoms with Gasteiger partial charge < -0.3 is 9.88 Å². The molecule has 0 bridgehead atoms. The lowest BCUT2D eigenvalue weighted by molar-refractivity contribution is 0.0955. The van der Waals surface area contributed by atoms with Crippen LogP contribution >= 0.6 is 22.9 Å². The molecule has 3 heterocycles. The average molecular weight is 476 g/mol. The molecule has 33 heavy (non-hydrogen) atoms. The van der Waals surface area contributed by atoms with Gasteiger partial charge in [0, 0.05) is 35.9 Å². The van der Waals surface area contributed by atoms with Gasteiger partial charge in [0.15, 0.2) is 0 Å². The van der Waals surface area contributed by atoms with E-state index in [9.17, 15) is 4.79 Å². The maximum Gasteiger partial charge on any atom is 0.261 e. The molecule has 166 valence electrons. The molecule has 0 unspecified atom stereocenters. The van der Waals surface area contributed by atoms with E-state index in [1.54, 1.807) is 12.5 Å². The fourth-order valence-corrected chi connectivity index (χ4v) is 5.09. The molecule has 0 aliphatic carbocycles. The number of benzene rings is 2. The molecule has 5 aromatic rings. The number of nitrogens with one attached hydrogen (secondary N) is 1. The van der Waals surface area contributed by atoms with Gasteiger partial charge in [-0.15, -0.1) is 11.3 Å². The molecule has 2 aromatic carbocycles. The van der Waals surface area contributed by atoms with E-state index in [1.807, 2.05) is 64.8 Å². The first-order valence-electron chi connectivity index (χ1n) is 10.6. The number of imidazole rings is 1. The summed E-state index contributed by atoms with van der Waals surface area (Å²) in [4.78, 5) is 18.6. The van der Waals surface area contributed by atoms with Crippen LogP contribution in [-0.2, 0) is 19.6 Å². The predicted molar refractivity (Wildman–Crippen MR) is 132 cm³/mol. The standard InChI is InChI=1S/C25H22ClN5OS/c1-17-21-12-23(33-25(21)31(29-17)15-20-7-2-3-8-22(20)26)24(32)28-13-18-5-4-6-19(11-18)14-30-10-9-27-16-30/h2-12,16H,13-15H2,1H3,(H,28,32). The Labute approximate surface area is 200 Å². The van der Waals surface area contributed by atoms with Gasteiger partial charge >= 0.3 is 0 Å². The van der Waals surface area contributed by atoms with Crippen molar-refractivity contribution in [3.05, 3.63) is 106 Å². The molecule has 1 amide bonds. The number of halogens is 1. The summed E-state index contributed by atoms with van der Waals surface area (Å²) in [6, 6.07) is 17.9. The molecule has 6 nitrogen and oxygen atoms in total. The van der Waals surface area contributed by atoms with E-state index < -0.39 is 0 Å². The number of aromatic nitrogens is 4. The molecule has 0 spiro atoms. The Morgan fingerprint density at radius 3 is 2.76 bits per heavy atom. The van der Waals surface area contributed by atoms with E-state index in [1.165, 1.54) is 11.3 Å². The van der Waals surface area contributed by atoms with Crippen molar-refractivity contribution in [2.24, 2.45) is 0 Å². The second-order valence-corrected chi connectivity index (χ2v) is 9.34. The van der Waals surface area contributed by atoms with Crippen molar-refractivity contribution in [2.75, 3.05) is 0 Å². The van der Waals surface area contributed by atoms with Crippen molar-refractivity contribution in [3.8, 4) is 0 Å². The van der Waals surface area contributed by atoms with Gasteiger partial charge in [0.1, 0.15) is 4.83 Å². The van der Waals surface area contributed by atoms with E-state index in [2.05, 4.69) is 27.5 Å². The number of carbonyl (C=O) groups is 1. The summed E-state index contributed by atoms with van der Waals surface area (Å²) < 4.78 is 3.94. The topological polar surface area (TPSA) is 64.7 Å². The van der Waals surface area contributed by atoms with Crippen molar-refractivity contribution < 1.29 is 4.79 Å². The summed E-state index contributed by atoms with van der Waals surface area (Å²) >= 11 is 7.79. The lowest BCUT2D eigenvalue weighted by Gasteiger charge is -2.07. The minimum absolute atomic E-state index is 0.0834. The molecule has 0 saturated carbocycles. The SMILES string of the molecule is Cc1nn(Cc2ccccc2Cl)c2sc(C(=O)NCc3cccc(Cn4ccnc4)c3)cc12. The van der Waals surface area contributed by atoms with E-state index in [-0.39, 0.29) is 5.91 Å². The zero-order chi connectivity index (χ0) is 22.8. The first-order chi connectivity index (χ1) is 16.1.